The molecule has 2 N–H and O–H groups in total. The molecule has 3 aromatic rings. The van der Waals surface area contributed by atoms with E-state index in [0.29, 0.717) is 30.0 Å². The number of nitrogens with zero attached hydrogens (tertiary/aromatic N) is 1. The SMILES string of the molecule is O=C(NCc1ccc(OC2=CCCC(O)=C2)s1)c1ccc2ncccc2c1. The Balaban J connectivity index is 1.37. The van der Waals surface area contributed by atoms with Crippen molar-refractivity contribution in [1.29, 1.82) is 0 Å². The summed E-state index contributed by atoms with van der Waals surface area (Å²) >= 11 is 1.47. The van der Waals surface area contributed by atoms with Gasteiger partial charge in [-0.1, -0.05) is 6.07 Å². The molecular formula is C21H18N2O3S. The summed E-state index contributed by atoms with van der Waals surface area (Å²) in [5, 5.41) is 14.2. The molecule has 0 saturated heterocycles. The van der Waals surface area contributed by atoms with Crippen molar-refractivity contribution in [2.45, 2.75) is 19.4 Å². The number of allylic oxidation sites excluding steroid dienone is 3. The number of aliphatic hydroxyl groups is 1. The fraction of sp³-hybridized carbons (Fsp3) is 0.143. The predicted octanol–water partition coefficient (Wildman–Crippen LogP) is 4.72. The van der Waals surface area contributed by atoms with Gasteiger partial charge in [-0.2, -0.15) is 0 Å². The van der Waals surface area contributed by atoms with E-state index in [1.54, 1.807) is 18.3 Å². The summed E-state index contributed by atoms with van der Waals surface area (Å²) in [6.45, 7) is 0.429. The maximum Gasteiger partial charge on any atom is 0.251 e. The molecule has 0 atom stereocenters. The van der Waals surface area contributed by atoms with E-state index in [2.05, 4.69) is 10.3 Å². The van der Waals surface area contributed by atoms with E-state index in [9.17, 15) is 9.90 Å². The lowest BCUT2D eigenvalue weighted by Crippen LogP contribution is -2.22. The Hall–Kier alpha value is -3.12. The molecule has 2 heterocycles. The number of aromatic nitrogens is 1. The van der Waals surface area contributed by atoms with E-state index in [1.807, 2.05) is 42.5 Å². The summed E-state index contributed by atoms with van der Waals surface area (Å²) in [7, 11) is 0. The molecule has 0 saturated carbocycles. The van der Waals surface area contributed by atoms with Crippen molar-refractivity contribution in [2.24, 2.45) is 0 Å². The number of aliphatic hydroxyl groups excluding tert-OH is 1. The van der Waals surface area contributed by atoms with E-state index in [4.69, 9.17) is 4.74 Å². The molecule has 27 heavy (non-hydrogen) atoms. The average molecular weight is 378 g/mol. The predicted molar refractivity (Wildman–Crippen MR) is 106 cm³/mol. The van der Waals surface area contributed by atoms with Gasteiger partial charge in [-0.05, 0) is 48.9 Å². The minimum absolute atomic E-state index is 0.125. The van der Waals surface area contributed by atoms with Crippen molar-refractivity contribution in [3.05, 3.63) is 82.8 Å². The summed E-state index contributed by atoms with van der Waals surface area (Å²) < 4.78 is 5.77. The highest BCUT2D eigenvalue weighted by Gasteiger charge is 2.10. The van der Waals surface area contributed by atoms with Crippen LogP contribution in [0.4, 0.5) is 0 Å². The van der Waals surface area contributed by atoms with Crippen LogP contribution in [0, 0.1) is 0 Å². The second-order valence-corrected chi connectivity index (χ2v) is 7.33. The van der Waals surface area contributed by atoms with Gasteiger partial charge in [-0.3, -0.25) is 9.78 Å². The van der Waals surface area contributed by atoms with Crippen LogP contribution in [-0.2, 0) is 6.54 Å². The Morgan fingerprint density at radius 2 is 2.19 bits per heavy atom. The van der Waals surface area contributed by atoms with Gasteiger partial charge < -0.3 is 15.2 Å². The number of benzene rings is 1. The van der Waals surface area contributed by atoms with Gasteiger partial charge in [0.15, 0.2) is 5.06 Å². The van der Waals surface area contributed by atoms with Crippen LogP contribution in [0.1, 0.15) is 28.1 Å². The second-order valence-electron chi connectivity index (χ2n) is 6.20. The van der Waals surface area contributed by atoms with Gasteiger partial charge in [0, 0.05) is 34.5 Å². The van der Waals surface area contributed by atoms with Crippen molar-refractivity contribution >= 4 is 28.1 Å². The first-order valence-electron chi connectivity index (χ1n) is 8.67. The third-order valence-corrected chi connectivity index (χ3v) is 5.16. The molecule has 4 rings (SSSR count). The van der Waals surface area contributed by atoms with Crippen molar-refractivity contribution in [1.82, 2.24) is 10.3 Å². The molecule has 0 fully saturated rings. The molecule has 6 heteroatoms. The summed E-state index contributed by atoms with van der Waals surface area (Å²) in [5.74, 6) is 0.863. The molecule has 1 aromatic carbocycles. The topological polar surface area (TPSA) is 71.5 Å². The molecule has 0 spiro atoms. The zero-order valence-electron chi connectivity index (χ0n) is 14.5. The normalized spacial score (nSPS) is 13.8. The van der Waals surface area contributed by atoms with Crippen molar-refractivity contribution in [3.63, 3.8) is 0 Å². The molecule has 2 aromatic heterocycles. The fourth-order valence-electron chi connectivity index (χ4n) is 2.84. The summed E-state index contributed by atoms with van der Waals surface area (Å²) in [6, 6.07) is 13.1. The van der Waals surface area contributed by atoms with Crippen LogP contribution in [-0.4, -0.2) is 16.0 Å². The van der Waals surface area contributed by atoms with Gasteiger partial charge in [0.25, 0.3) is 5.91 Å². The highest BCUT2D eigenvalue weighted by molar-refractivity contribution is 7.13. The number of pyridine rings is 1. The zero-order valence-corrected chi connectivity index (χ0v) is 15.3. The smallest absolute Gasteiger partial charge is 0.251 e. The van der Waals surface area contributed by atoms with E-state index in [0.717, 1.165) is 27.3 Å². The first-order chi connectivity index (χ1) is 13.2. The number of nitrogens with one attached hydrogen (secondary N) is 1. The first kappa shape index (κ1) is 17.3. The number of ether oxygens (including phenoxy) is 1. The lowest BCUT2D eigenvalue weighted by molar-refractivity contribution is 0.0951. The summed E-state index contributed by atoms with van der Waals surface area (Å²) in [5.41, 5.74) is 1.47. The van der Waals surface area contributed by atoms with Gasteiger partial charge in [0.1, 0.15) is 5.76 Å². The first-order valence-corrected chi connectivity index (χ1v) is 9.48. The number of hydrogen-bond donors (Lipinski definition) is 2. The molecule has 1 aliphatic carbocycles. The van der Waals surface area contributed by atoms with Crippen LogP contribution < -0.4 is 10.1 Å². The molecule has 0 bridgehead atoms. The number of carbonyl (C=O) groups is 1. The van der Waals surface area contributed by atoms with Gasteiger partial charge >= 0.3 is 0 Å². The molecule has 5 nitrogen and oxygen atoms in total. The molecule has 0 aliphatic heterocycles. The third kappa shape index (κ3) is 4.17. The molecule has 1 aliphatic rings. The number of fused-ring (bicyclic) bond motifs is 1. The Morgan fingerprint density at radius 3 is 3.07 bits per heavy atom. The Morgan fingerprint density at radius 1 is 1.26 bits per heavy atom. The average Bonchev–Trinajstić information content (AvgIpc) is 3.13. The maximum atomic E-state index is 12.4. The van der Waals surface area contributed by atoms with Gasteiger partial charge in [-0.25, -0.2) is 0 Å². The highest BCUT2D eigenvalue weighted by Crippen LogP contribution is 2.28. The van der Waals surface area contributed by atoms with Crippen molar-refractivity contribution in [3.8, 4) is 5.06 Å². The largest absolute Gasteiger partial charge is 0.512 e. The van der Waals surface area contributed by atoms with E-state index in [1.165, 1.54) is 11.3 Å². The maximum absolute atomic E-state index is 12.4. The third-order valence-electron chi connectivity index (χ3n) is 4.20. The molecule has 136 valence electrons. The Labute approximate surface area is 160 Å². The number of amides is 1. The van der Waals surface area contributed by atoms with E-state index >= 15 is 0 Å². The highest BCUT2D eigenvalue weighted by atomic mass is 32.1. The number of rotatable bonds is 5. The molecule has 0 unspecified atom stereocenters. The Kier molecular flexibility index (Phi) is 4.89. The van der Waals surface area contributed by atoms with Gasteiger partial charge in [0.05, 0.1) is 17.8 Å². The van der Waals surface area contributed by atoms with E-state index in [-0.39, 0.29) is 5.91 Å². The van der Waals surface area contributed by atoms with Crippen LogP contribution >= 0.6 is 11.3 Å². The molecule has 0 radical (unpaired) electrons. The number of thiophene rings is 1. The minimum Gasteiger partial charge on any atom is -0.512 e. The van der Waals surface area contributed by atoms with E-state index < -0.39 is 0 Å². The second kappa shape index (κ2) is 7.63. The fourth-order valence-corrected chi connectivity index (χ4v) is 3.65. The summed E-state index contributed by atoms with van der Waals surface area (Å²) in [6.07, 6.45) is 6.75. The van der Waals surface area contributed by atoms with Crippen molar-refractivity contribution < 1.29 is 14.6 Å². The van der Waals surface area contributed by atoms with Gasteiger partial charge in [-0.15, -0.1) is 11.3 Å². The van der Waals surface area contributed by atoms with Crippen LogP contribution in [0.5, 0.6) is 5.06 Å². The standard InChI is InChI=1S/C21H18N2O3S/c24-16-4-1-5-17(12-16)26-20-9-7-18(27-20)13-23-21(25)15-6-8-19-14(11-15)3-2-10-22-19/h2-3,5-12,24H,1,4,13H2,(H,23,25). The van der Waals surface area contributed by atoms with Crippen molar-refractivity contribution in [2.75, 3.05) is 0 Å². The molecule has 1 amide bonds. The van der Waals surface area contributed by atoms with Crippen LogP contribution in [0.2, 0.25) is 0 Å². The monoisotopic (exact) mass is 378 g/mol. The molecular weight excluding hydrogens is 360 g/mol. The minimum atomic E-state index is -0.125. The van der Waals surface area contributed by atoms with Gasteiger partial charge in [0.2, 0.25) is 0 Å². The lowest BCUT2D eigenvalue weighted by atomic mass is 10.1. The number of carbonyl (C=O) groups excluding carboxylic acids is 1. The summed E-state index contributed by atoms with van der Waals surface area (Å²) in [4.78, 5) is 17.7. The quantitative estimate of drug-likeness (QED) is 0.674. The van der Waals surface area contributed by atoms with Crippen LogP contribution in [0.3, 0.4) is 0 Å². The lowest BCUT2D eigenvalue weighted by Gasteiger charge is -2.09. The van der Waals surface area contributed by atoms with Crippen LogP contribution in [0.25, 0.3) is 10.9 Å². The number of hydrogen-bond acceptors (Lipinski definition) is 5. The van der Waals surface area contributed by atoms with Crippen LogP contribution in [0.15, 0.2) is 72.3 Å². The zero-order chi connectivity index (χ0) is 18.6. The Bertz CT molecular complexity index is 1050.